The quantitative estimate of drug-likeness (QED) is 0.425. The van der Waals surface area contributed by atoms with Gasteiger partial charge in [-0.2, -0.15) is 0 Å². The Kier molecular flexibility index (Phi) is 2.24. The molecular weight excluding hydrogens is 140 g/mol. The van der Waals surface area contributed by atoms with Crippen LogP contribution >= 0.6 is 0 Å². The Bertz CT molecular complexity index is 148. The Labute approximate surface area is 67.1 Å². The highest BCUT2D eigenvalue weighted by atomic mass is 17.2. The smallest absolute Gasteiger partial charge is 0.101 e. The normalized spacial score (nSPS) is 37.8. The van der Waals surface area contributed by atoms with Crippen LogP contribution in [-0.2, 0) is 9.78 Å². The van der Waals surface area contributed by atoms with E-state index in [4.69, 9.17) is 9.78 Å². The van der Waals surface area contributed by atoms with E-state index < -0.39 is 0 Å². The van der Waals surface area contributed by atoms with Crippen molar-refractivity contribution in [3.63, 3.8) is 0 Å². The zero-order chi connectivity index (χ0) is 7.52. The lowest BCUT2D eigenvalue weighted by atomic mass is 9.90. The number of hydrogen-bond donors (Lipinski definition) is 0. The summed E-state index contributed by atoms with van der Waals surface area (Å²) in [6.45, 7) is 0.773. The summed E-state index contributed by atoms with van der Waals surface area (Å²) < 4.78 is 0. The fraction of sp³-hybridized carbons (Fsp3) is 0.778. The molecule has 0 saturated carbocycles. The van der Waals surface area contributed by atoms with Crippen molar-refractivity contribution >= 4 is 0 Å². The molecule has 1 aliphatic heterocycles. The Hall–Kier alpha value is -0.340. The summed E-state index contributed by atoms with van der Waals surface area (Å²) in [5.41, 5.74) is 0. The molecule has 2 heteroatoms. The summed E-state index contributed by atoms with van der Waals surface area (Å²) in [7, 11) is 0. The van der Waals surface area contributed by atoms with Gasteiger partial charge in [-0.3, -0.25) is 0 Å². The second-order valence-corrected chi connectivity index (χ2v) is 3.27. The van der Waals surface area contributed by atoms with Gasteiger partial charge in [-0.25, -0.2) is 9.78 Å². The molecule has 2 rings (SSSR count). The van der Waals surface area contributed by atoms with Crippen molar-refractivity contribution in [2.75, 3.05) is 6.61 Å². The largest absolute Gasteiger partial charge is 0.236 e. The fourth-order valence-corrected chi connectivity index (χ4v) is 1.78. The zero-order valence-corrected chi connectivity index (χ0v) is 6.66. The highest BCUT2D eigenvalue weighted by Gasteiger charge is 2.26. The summed E-state index contributed by atoms with van der Waals surface area (Å²) >= 11 is 0. The SMILES string of the molecule is C1=CC(C2CCOO2)CCC1. The Morgan fingerprint density at radius 1 is 1.27 bits per heavy atom. The lowest BCUT2D eigenvalue weighted by Crippen LogP contribution is -2.18. The second kappa shape index (κ2) is 3.37. The van der Waals surface area contributed by atoms with E-state index >= 15 is 0 Å². The molecule has 0 aromatic carbocycles. The molecule has 1 aliphatic carbocycles. The molecule has 11 heavy (non-hydrogen) atoms. The summed E-state index contributed by atoms with van der Waals surface area (Å²) in [6, 6.07) is 0. The van der Waals surface area contributed by atoms with Gasteiger partial charge in [-0.05, 0) is 19.3 Å². The minimum absolute atomic E-state index is 0.339. The predicted octanol–water partition coefficient (Wildman–Crippen LogP) is 2.06. The molecule has 2 atom stereocenters. The molecule has 2 nitrogen and oxygen atoms in total. The first-order valence-electron chi connectivity index (χ1n) is 4.42. The zero-order valence-electron chi connectivity index (χ0n) is 6.66. The van der Waals surface area contributed by atoms with E-state index in [0.29, 0.717) is 12.0 Å². The van der Waals surface area contributed by atoms with E-state index in [1.807, 2.05) is 0 Å². The number of hydrogen-bond acceptors (Lipinski definition) is 2. The molecule has 1 fully saturated rings. The predicted molar refractivity (Wildman–Crippen MR) is 41.9 cm³/mol. The molecule has 1 saturated heterocycles. The molecule has 1 heterocycles. The first-order valence-corrected chi connectivity index (χ1v) is 4.42. The van der Waals surface area contributed by atoms with Gasteiger partial charge in [-0.15, -0.1) is 0 Å². The van der Waals surface area contributed by atoms with Crippen molar-refractivity contribution < 1.29 is 9.78 Å². The van der Waals surface area contributed by atoms with Crippen LogP contribution in [0, 0.1) is 5.92 Å². The van der Waals surface area contributed by atoms with Crippen LogP contribution in [0.1, 0.15) is 25.7 Å². The minimum Gasteiger partial charge on any atom is -0.236 e. The van der Waals surface area contributed by atoms with E-state index in [9.17, 15) is 0 Å². The third-order valence-electron chi connectivity index (χ3n) is 2.45. The second-order valence-electron chi connectivity index (χ2n) is 3.27. The summed E-state index contributed by atoms with van der Waals surface area (Å²) in [4.78, 5) is 10.0. The lowest BCUT2D eigenvalue weighted by molar-refractivity contribution is -0.280. The molecule has 0 aromatic heterocycles. The molecule has 2 aliphatic rings. The Morgan fingerprint density at radius 3 is 2.91 bits per heavy atom. The van der Waals surface area contributed by atoms with E-state index in [1.165, 1.54) is 19.3 Å². The van der Waals surface area contributed by atoms with Gasteiger partial charge in [0.05, 0.1) is 6.61 Å². The minimum atomic E-state index is 0.339. The average Bonchev–Trinajstić information content (AvgIpc) is 2.58. The van der Waals surface area contributed by atoms with Crippen LogP contribution < -0.4 is 0 Å². The van der Waals surface area contributed by atoms with Crippen molar-refractivity contribution in [2.24, 2.45) is 5.92 Å². The molecule has 0 N–H and O–H groups in total. The highest BCUT2D eigenvalue weighted by Crippen LogP contribution is 2.27. The summed E-state index contributed by atoms with van der Waals surface area (Å²) in [5, 5.41) is 0. The first kappa shape index (κ1) is 7.32. The third kappa shape index (κ3) is 1.63. The van der Waals surface area contributed by atoms with Crippen molar-refractivity contribution in [1.29, 1.82) is 0 Å². The van der Waals surface area contributed by atoms with Gasteiger partial charge in [0.1, 0.15) is 6.10 Å². The van der Waals surface area contributed by atoms with Crippen molar-refractivity contribution in [3.8, 4) is 0 Å². The van der Waals surface area contributed by atoms with Crippen LogP contribution in [-0.4, -0.2) is 12.7 Å². The van der Waals surface area contributed by atoms with Gasteiger partial charge in [0.2, 0.25) is 0 Å². The van der Waals surface area contributed by atoms with Crippen molar-refractivity contribution in [1.82, 2.24) is 0 Å². The number of allylic oxidation sites excluding steroid dienone is 1. The van der Waals surface area contributed by atoms with Gasteiger partial charge in [0.25, 0.3) is 0 Å². The van der Waals surface area contributed by atoms with E-state index in [0.717, 1.165) is 13.0 Å². The third-order valence-corrected chi connectivity index (χ3v) is 2.45. The molecule has 0 bridgehead atoms. The topological polar surface area (TPSA) is 18.5 Å². The van der Waals surface area contributed by atoms with Crippen molar-refractivity contribution in [3.05, 3.63) is 12.2 Å². The maximum absolute atomic E-state index is 5.14. The van der Waals surface area contributed by atoms with Crippen LogP contribution in [0.4, 0.5) is 0 Å². The maximum Gasteiger partial charge on any atom is 0.101 e. The molecular formula is C9H14O2. The highest BCUT2D eigenvalue weighted by molar-refractivity contribution is 4.96. The van der Waals surface area contributed by atoms with Crippen molar-refractivity contribution in [2.45, 2.75) is 31.8 Å². The Morgan fingerprint density at radius 2 is 2.27 bits per heavy atom. The van der Waals surface area contributed by atoms with Gasteiger partial charge in [-0.1, -0.05) is 12.2 Å². The standard InChI is InChI=1S/C9H14O2/c1-2-4-8(5-3-1)9-6-7-10-11-9/h2,4,8-9H,1,3,5-7H2. The van der Waals surface area contributed by atoms with Gasteiger partial charge >= 0.3 is 0 Å². The maximum atomic E-state index is 5.14. The monoisotopic (exact) mass is 154 g/mol. The van der Waals surface area contributed by atoms with Crippen LogP contribution in [0.25, 0.3) is 0 Å². The molecule has 62 valence electrons. The molecule has 0 amide bonds. The van der Waals surface area contributed by atoms with Crippen LogP contribution in [0.3, 0.4) is 0 Å². The van der Waals surface area contributed by atoms with Crippen LogP contribution in [0.2, 0.25) is 0 Å². The van der Waals surface area contributed by atoms with Gasteiger partial charge in [0.15, 0.2) is 0 Å². The lowest BCUT2D eigenvalue weighted by Gasteiger charge is -2.19. The fourth-order valence-electron chi connectivity index (χ4n) is 1.78. The molecule has 0 aromatic rings. The van der Waals surface area contributed by atoms with Crippen LogP contribution in [0.15, 0.2) is 12.2 Å². The average molecular weight is 154 g/mol. The van der Waals surface area contributed by atoms with E-state index in [-0.39, 0.29) is 0 Å². The van der Waals surface area contributed by atoms with E-state index in [2.05, 4.69) is 12.2 Å². The van der Waals surface area contributed by atoms with E-state index in [1.54, 1.807) is 0 Å². The number of rotatable bonds is 1. The first-order chi connectivity index (χ1) is 5.47. The molecule has 0 radical (unpaired) electrons. The summed E-state index contributed by atoms with van der Waals surface area (Å²) in [6.07, 6.45) is 9.76. The summed E-state index contributed by atoms with van der Waals surface area (Å²) in [5.74, 6) is 0.617. The molecule has 0 spiro atoms. The van der Waals surface area contributed by atoms with Crippen LogP contribution in [0.5, 0.6) is 0 Å². The van der Waals surface area contributed by atoms with Gasteiger partial charge in [0, 0.05) is 12.3 Å². The molecule has 2 unspecified atom stereocenters. The van der Waals surface area contributed by atoms with Gasteiger partial charge < -0.3 is 0 Å². The Balaban J connectivity index is 1.91.